The van der Waals surface area contributed by atoms with Crippen molar-refractivity contribution >= 4 is 17.7 Å². The summed E-state index contributed by atoms with van der Waals surface area (Å²) in [4.78, 5) is 15.4. The monoisotopic (exact) mass is 445 g/mol. The van der Waals surface area contributed by atoms with Gasteiger partial charge in [0.05, 0.1) is 17.3 Å². The van der Waals surface area contributed by atoms with E-state index in [2.05, 4.69) is 10.5 Å². The summed E-state index contributed by atoms with van der Waals surface area (Å²) in [7, 11) is 3.44. The molecule has 0 radical (unpaired) electrons. The van der Waals surface area contributed by atoms with Gasteiger partial charge in [-0.1, -0.05) is 23.4 Å². The number of aromatic nitrogens is 1. The Hall–Kier alpha value is -2.71. The van der Waals surface area contributed by atoms with Crippen LogP contribution in [0.3, 0.4) is 0 Å². The number of likely N-dealkylation sites (N-methyl/N-ethyl adjacent to an activating group) is 1. The number of carbonyl (C=O) groups excluding carboxylic acids is 1. The fourth-order valence-electron chi connectivity index (χ4n) is 3.29. The van der Waals surface area contributed by atoms with Crippen LogP contribution in [0.15, 0.2) is 51.9 Å². The molecule has 0 fully saturated rings. The quantitative estimate of drug-likeness (QED) is 0.500. The molecule has 3 aromatic rings. The zero-order valence-electron chi connectivity index (χ0n) is 17.9. The second-order valence-corrected chi connectivity index (χ2v) is 8.43. The predicted octanol–water partition coefficient (Wildman–Crippen LogP) is 4.89. The van der Waals surface area contributed by atoms with Gasteiger partial charge in [-0.2, -0.15) is 0 Å². The molecule has 31 heavy (non-hydrogen) atoms. The molecule has 8 heteroatoms. The normalized spacial score (nSPS) is 12.2. The van der Waals surface area contributed by atoms with Gasteiger partial charge in [-0.05, 0) is 52.2 Å². The van der Waals surface area contributed by atoms with Gasteiger partial charge >= 0.3 is 0 Å². The van der Waals surface area contributed by atoms with Crippen molar-refractivity contribution < 1.29 is 18.1 Å². The second kappa shape index (κ2) is 10.1. The maximum Gasteiger partial charge on any atom is 0.252 e. The molecule has 1 atom stereocenters. The molecule has 1 unspecified atom stereocenters. The highest BCUT2D eigenvalue weighted by Crippen LogP contribution is 2.29. The van der Waals surface area contributed by atoms with Crippen LogP contribution in [0, 0.1) is 25.5 Å². The molecule has 0 bridgehead atoms. The molecule has 1 amide bonds. The molecule has 0 aliphatic rings. The number of amides is 1. The van der Waals surface area contributed by atoms with E-state index in [0.29, 0.717) is 11.3 Å². The molecular formula is C23H25F2N3O2S. The highest BCUT2D eigenvalue weighted by atomic mass is 32.2. The summed E-state index contributed by atoms with van der Waals surface area (Å²) in [5.41, 5.74) is 2.27. The first-order chi connectivity index (χ1) is 14.8. The van der Waals surface area contributed by atoms with Crippen molar-refractivity contribution in [1.29, 1.82) is 0 Å². The molecule has 0 saturated carbocycles. The number of carbonyl (C=O) groups is 1. The molecule has 1 aromatic heterocycles. The Balaban J connectivity index is 1.74. The SMILES string of the molecule is Cc1noc(C)c1CSc1ccccc1C(=O)NCC(c1c(F)cccc1F)N(C)C. The van der Waals surface area contributed by atoms with Crippen molar-refractivity contribution in [2.45, 2.75) is 30.5 Å². The molecule has 0 aliphatic carbocycles. The molecule has 0 spiro atoms. The van der Waals surface area contributed by atoms with Crippen LogP contribution in [-0.4, -0.2) is 36.6 Å². The topological polar surface area (TPSA) is 58.4 Å². The van der Waals surface area contributed by atoms with E-state index in [1.165, 1.54) is 30.0 Å². The minimum absolute atomic E-state index is 0.0612. The van der Waals surface area contributed by atoms with E-state index in [-0.39, 0.29) is 18.0 Å². The Kier molecular flexibility index (Phi) is 7.46. The van der Waals surface area contributed by atoms with Gasteiger partial charge in [0, 0.05) is 28.3 Å². The summed E-state index contributed by atoms with van der Waals surface area (Å²) in [6.07, 6.45) is 0. The van der Waals surface area contributed by atoms with E-state index in [0.717, 1.165) is 21.9 Å². The van der Waals surface area contributed by atoms with Gasteiger partial charge in [0.25, 0.3) is 5.91 Å². The number of thioether (sulfide) groups is 1. The van der Waals surface area contributed by atoms with Crippen molar-refractivity contribution in [1.82, 2.24) is 15.4 Å². The third-order valence-electron chi connectivity index (χ3n) is 5.10. The van der Waals surface area contributed by atoms with Gasteiger partial charge < -0.3 is 14.7 Å². The van der Waals surface area contributed by atoms with E-state index >= 15 is 0 Å². The fourth-order valence-corrected chi connectivity index (χ4v) is 4.50. The Labute approximate surface area is 184 Å². The Bertz CT molecular complexity index is 1030. The van der Waals surface area contributed by atoms with Crippen LogP contribution >= 0.6 is 11.8 Å². The first kappa shape index (κ1) is 23.0. The van der Waals surface area contributed by atoms with Crippen LogP contribution < -0.4 is 5.32 Å². The first-order valence-electron chi connectivity index (χ1n) is 9.81. The van der Waals surface area contributed by atoms with Gasteiger partial charge in [0.2, 0.25) is 0 Å². The van der Waals surface area contributed by atoms with Gasteiger partial charge in [-0.25, -0.2) is 8.78 Å². The minimum atomic E-state index is -0.646. The van der Waals surface area contributed by atoms with E-state index in [4.69, 9.17) is 4.52 Å². The van der Waals surface area contributed by atoms with E-state index < -0.39 is 17.7 Å². The molecule has 0 saturated heterocycles. The van der Waals surface area contributed by atoms with Crippen LogP contribution in [-0.2, 0) is 5.75 Å². The molecule has 2 aromatic carbocycles. The van der Waals surface area contributed by atoms with Crippen LogP contribution in [0.1, 0.15) is 39.0 Å². The molecule has 1 N–H and O–H groups in total. The third kappa shape index (κ3) is 5.32. The zero-order valence-corrected chi connectivity index (χ0v) is 18.7. The second-order valence-electron chi connectivity index (χ2n) is 7.41. The van der Waals surface area contributed by atoms with E-state index in [9.17, 15) is 13.6 Å². The molecule has 1 heterocycles. The maximum absolute atomic E-state index is 14.3. The lowest BCUT2D eigenvalue weighted by Gasteiger charge is -2.26. The average Bonchev–Trinajstić information content (AvgIpc) is 3.05. The van der Waals surface area contributed by atoms with Crippen LogP contribution in [0.25, 0.3) is 0 Å². The van der Waals surface area contributed by atoms with Crippen molar-refractivity contribution in [2.24, 2.45) is 0 Å². The summed E-state index contributed by atoms with van der Waals surface area (Å²) in [6.45, 7) is 3.80. The summed E-state index contributed by atoms with van der Waals surface area (Å²) in [5.74, 6) is -0.198. The lowest BCUT2D eigenvalue weighted by atomic mass is 10.0. The highest BCUT2D eigenvalue weighted by Gasteiger charge is 2.23. The van der Waals surface area contributed by atoms with Crippen molar-refractivity contribution in [3.8, 4) is 0 Å². The van der Waals surface area contributed by atoms with Crippen LogP contribution in [0.4, 0.5) is 8.78 Å². The smallest absolute Gasteiger partial charge is 0.252 e. The van der Waals surface area contributed by atoms with Crippen LogP contribution in [0.2, 0.25) is 0 Å². The predicted molar refractivity (Wildman–Crippen MR) is 117 cm³/mol. The number of rotatable bonds is 8. The largest absolute Gasteiger partial charge is 0.361 e. The van der Waals surface area contributed by atoms with Crippen LogP contribution in [0.5, 0.6) is 0 Å². The average molecular weight is 446 g/mol. The summed E-state index contributed by atoms with van der Waals surface area (Å²) in [5, 5.41) is 6.79. The van der Waals surface area contributed by atoms with Crippen molar-refractivity contribution in [3.63, 3.8) is 0 Å². The van der Waals surface area contributed by atoms with Crippen molar-refractivity contribution in [3.05, 3.63) is 82.2 Å². The van der Waals surface area contributed by atoms with Gasteiger partial charge in [-0.15, -0.1) is 11.8 Å². The number of benzene rings is 2. The molecule has 164 valence electrons. The number of nitrogens with zero attached hydrogens (tertiary/aromatic N) is 2. The standard InChI is InChI=1S/C23H25F2N3O2S/c1-14-17(15(2)30-27-14)13-31-21-11-6-5-8-16(21)23(29)26-12-20(28(3)4)22-18(24)9-7-10-19(22)25/h5-11,20H,12-13H2,1-4H3,(H,26,29). The maximum atomic E-state index is 14.3. The molecular weight excluding hydrogens is 420 g/mol. The number of hydrogen-bond donors (Lipinski definition) is 1. The van der Waals surface area contributed by atoms with Crippen molar-refractivity contribution in [2.75, 3.05) is 20.6 Å². The zero-order chi connectivity index (χ0) is 22.5. The minimum Gasteiger partial charge on any atom is -0.361 e. The third-order valence-corrected chi connectivity index (χ3v) is 6.20. The van der Waals surface area contributed by atoms with Gasteiger partial charge in [0.15, 0.2) is 0 Å². The number of halogens is 2. The number of nitrogens with one attached hydrogen (secondary N) is 1. The summed E-state index contributed by atoms with van der Waals surface area (Å²) >= 11 is 1.51. The Morgan fingerprint density at radius 3 is 2.42 bits per heavy atom. The lowest BCUT2D eigenvalue weighted by Crippen LogP contribution is -2.35. The van der Waals surface area contributed by atoms with Gasteiger partial charge in [-0.3, -0.25) is 4.79 Å². The Morgan fingerprint density at radius 2 is 1.81 bits per heavy atom. The number of hydrogen-bond acceptors (Lipinski definition) is 5. The Morgan fingerprint density at radius 1 is 1.13 bits per heavy atom. The van der Waals surface area contributed by atoms with Gasteiger partial charge in [0.1, 0.15) is 17.4 Å². The first-order valence-corrected chi connectivity index (χ1v) is 10.8. The van der Waals surface area contributed by atoms with E-state index in [1.54, 1.807) is 31.1 Å². The fraction of sp³-hybridized carbons (Fsp3) is 0.304. The highest BCUT2D eigenvalue weighted by molar-refractivity contribution is 7.98. The number of aryl methyl sites for hydroxylation is 2. The molecule has 5 nitrogen and oxygen atoms in total. The van der Waals surface area contributed by atoms with E-state index in [1.807, 2.05) is 26.0 Å². The molecule has 3 rings (SSSR count). The summed E-state index contributed by atoms with van der Waals surface area (Å²) in [6, 6.07) is 10.4. The molecule has 0 aliphatic heterocycles. The summed E-state index contributed by atoms with van der Waals surface area (Å²) < 4.78 is 33.8. The lowest BCUT2D eigenvalue weighted by molar-refractivity contribution is 0.0937.